The van der Waals surface area contributed by atoms with E-state index in [0.29, 0.717) is 11.0 Å². The maximum Gasteiger partial charge on any atom is 0.389 e. The molecule has 0 N–H and O–H groups in total. The zero-order valence-electron chi connectivity index (χ0n) is 3.83. The van der Waals surface area contributed by atoms with E-state index in [4.69, 9.17) is 10.7 Å². The smallest absolute Gasteiger partial charge is 0.171 e. The molecule has 0 amide bonds. The number of alkyl halides is 3. The van der Waals surface area contributed by atoms with Crippen LogP contribution in [0.5, 0.6) is 0 Å². The maximum absolute atomic E-state index is 11.2. The van der Waals surface area contributed by atoms with Gasteiger partial charge >= 0.3 is 6.18 Å². The van der Waals surface area contributed by atoms with Crippen molar-refractivity contribution in [2.24, 2.45) is 0 Å². The van der Waals surface area contributed by atoms with Gasteiger partial charge in [0.2, 0.25) is 0 Å². The van der Waals surface area contributed by atoms with Crippen LogP contribution in [-0.4, -0.2) is 11.9 Å². The molecule has 0 aromatic heterocycles. The van der Waals surface area contributed by atoms with Crippen molar-refractivity contribution >= 4 is 21.7 Å². The zero-order chi connectivity index (χ0) is 6.62. The molecule has 0 unspecified atom stereocenters. The van der Waals surface area contributed by atoms with Crippen molar-refractivity contribution in [2.45, 2.75) is 12.6 Å². The van der Waals surface area contributed by atoms with Gasteiger partial charge in [-0.15, -0.1) is 0 Å². The molecule has 0 atom stereocenters. The van der Waals surface area contributed by atoms with Crippen molar-refractivity contribution in [3.63, 3.8) is 0 Å². The van der Waals surface area contributed by atoms with Gasteiger partial charge in [0.25, 0.3) is 0 Å². The van der Waals surface area contributed by atoms with Gasteiger partial charge in [0.05, 0.1) is 6.42 Å². The number of hydrogen-bond acceptors (Lipinski definition) is 1. The molecule has 0 aliphatic carbocycles. The van der Waals surface area contributed by atoms with E-state index in [0.717, 1.165) is 0 Å². The quantitative estimate of drug-likeness (QED) is 0.605. The molecule has 0 aromatic carbocycles. The number of halogens is 4. The Balaban J connectivity index is 3.11. The van der Waals surface area contributed by atoms with E-state index in [-0.39, 0.29) is 5.75 Å². The molecule has 0 radical (unpaired) electrons. The molecule has 0 nitrogen and oxygen atoms in total. The summed E-state index contributed by atoms with van der Waals surface area (Å²) in [5.41, 5.74) is 0. The number of rotatable bonds is 2. The van der Waals surface area contributed by atoms with Crippen LogP contribution < -0.4 is 0 Å². The van der Waals surface area contributed by atoms with Crippen molar-refractivity contribution in [2.75, 3.05) is 5.75 Å². The molecule has 0 bridgehead atoms. The summed E-state index contributed by atoms with van der Waals surface area (Å²) in [5, 5.41) is 0. The lowest BCUT2D eigenvalue weighted by Gasteiger charge is -2.01. The van der Waals surface area contributed by atoms with Crippen LogP contribution >= 0.6 is 21.7 Å². The molecular formula is C3H4ClF3S. The van der Waals surface area contributed by atoms with Gasteiger partial charge in [-0.25, -0.2) is 0 Å². The standard InChI is InChI=1S/C3H4ClF3S/c4-8-2-1-3(5,6)7/h1-2H2. The third kappa shape index (κ3) is 6.43. The van der Waals surface area contributed by atoms with Crippen LogP contribution in [0.1, 0.15) is 6.42 Å². The molecule has 0 fully saturated rings. The lowest BCUT2D eigenvalue weighted by molar-refractivity contribution is -0.129. The highest BCUT2D eigenvalue weighted by atomic mass is 35.7. The molecule has 50 valence electrons. The van der Waals surface area contributed by atoms with Crippen LogP contribution in [0, 0.1) is 0 Å². The van der Waals surface area contributed by atoms with Gasteiger partial charge in [0.15, 0.2) is 0 Å². The molecule has 0 heterocycles. The molecule has 0 aliphatic rings. The lowest BCUT2D eigenvalue weighted by Crippen LogP contribution is -2.07. The Labute approximate surface area is 53.9 Å². The van der Waals surface area contributed by atoms with Gasteiger partial charge in [-0.2, -0.15) is 13.2 Å². The molecule has 5 heteroatoms. The summed E-state index contributed by atoms with van der Waals surface area (Å²) in [6.07, 6.45) is -4.86. The Morgan fingerprint density at radius 1 is 1.38 bits per heavy atom. The second-order valence-electron chi connectivity index (χ2n) is 1.18. The Kier molecular flexibility index (Phi) is 3.64. The van der Waals surface area contributed by atoms with Crippen LogP contribution in [0.25, 0.3) is 0 Å². The van der Waals surface area contributed by atoms with Crippen molar-refractivity contribution in [1.29, 1.82) is 0 Å². The van der Waals surface area contributed by atoms with E-state index < -0.39 is 12.6 Å². The van der Waals surface area contributed by atoms with Crippen LogP contribution in [0.2, 0.25) is 0 Å². The number of hydrogen-bond donors (Lipinski definition) is 0. The molecule has 0 spiro atoms. The molecule has 0 rings (SSSR count). The predicted octanol–water partition coefficient (Wildman–Crippen LogP) is 2.83. The van der Waals surface area contributed by atoms with Crippen LogP contribution in [0.3, 0.4) is 0 Å². The average molecular weight is 165 g/mol. The van der Waals surface area contributed by atoms with Gasteiger partial charge in [-0.1, -0.05) is 11.0 Å². The van der Waals surface area contributed by atoms with Crippen LogP contribution in [0.15, 0.2) is 0 Å². The van der Waals surface area contributed by atoms with E-state index in [2.05, 4.69) is 0 Å². The Morgan fingerprint density at radius 3 is 2.00 bits per heavy atom. The van der Waals surface area contributed by atoms with E-state index in [1.165, 1.54) is 0 Å². The molecule has 0 aliphatic heterocycles. The first kappa shape index (κ1) is 8.43. The van der Waals surface area contributed by atoms with Crippen molar-refractivity contribution in [1.82, 2.24) is 0 Å². The molecule has 0 aromatic rings. The molecule has 0 saturated heterocycles. The minimum Gasteiger partial charge on any atom is -0.171 e. The lowest BCUT2D eigenvalue weighted by atomic mass is 10.5. The van der Waals surface area contributed by atoms with Crippen LogP contribution in [-0.2, 0) is 0 Å². The summed E-state index contributed by atoms with van der Waals surface area (Å²) >= 11 is 0. The summed E-state index contributed by atoms with van der Waals surface area (Å²) in [4.78, 5) is 0. The third-order valence-electron chi connectivity index (χ3n) is 0.463. The summed E-state index contributed by atoms with van der Waals surface area (Å²) in [6, 6.07) is 0. The predicted molar refractivity (Wildman–Crippen MR) is 29.0 cm³/mol. The SMILES string of the molecule is FC(F)(F)CCSCl. The summed E-state index contributed by atoms with van der Waals surface area (Å²) in [5.74, 6) is -0.0644. The second-order valence-corrected chi connectivity index (χ2v) is 2.46. The minimum atomic E-state index is -4.05. The second kappa shape index (κ2) is 3.45. The highest BCUT2D eigenvalue weighted by Gasteiger charge is 2.25. The third-order valence-corrected chi connectivity index (χ3v) is 1.28. The van der Waals surface area contributed by atoms with E-state index >= 15 is 0 Å². The van der Waals surface area contributed by atoms with E-state index in [1.54, 1.807) is 0 Å². The van der Waals surface area contributed by atoms with Crippen molar-refractivity contribution < 1.29 is 13.2 Å². The summed E-state index contributed by atoms with van der Waals surface area (Å²) in [7, 11) is 5.60. The Hall–Kier alpha value is 0.430. The van der Waals surface area contributed by atoms with E-state index in [9.17, 15) is 13.2 Å². The van der Waals surface area contributed by atoms with Crippen molar-refractivity contribution in [3.8, 4) is 0 Å². The molecule has 8 heavy (non-hydrogen) atoms. The van der Waals surface area contributed by atoms with Crippen LogP contribution in [0.4, 0.5) is 13.2 Å². The fourth-order valence-corrected chi connectivity index (χ4v) is 0.694. The first-order valence-electron chi connectivity index (χ1n) is 1.86. The fourth-order valence-electron chi connectivity index (χ4n) is 0.154. The highest BCUT2D eigenvalue weighted by Crippen LogP contribution is 2.22. The van der Waals surface area contributed by atoms with Gasteiger partial charge in [-0.3, -0.25) is 0 Å². The monoisotopic (exact) mass is 164 g/mol. The zero-order valence-corrected chi connectivity index (χ0v) is 5.41. The summed E-state index contributed by atoms with van der Waals surface area (Å²) < 4.78 is 33.5. The normalized spacial score (nSPS) is 12.0. The topological polar surface area (TPSA) is 0 Å². The first-order valence-corrected chi connectivity index (χ1v) is 3.68. The molecule has 0 saturated carbocycles. The molecular weight excluding hydrogens is 161 g/mol. The first-order chi connectivity index (χ1) is 3.56. The summed E-state index contributed by atoms with van der Waals surface area (Å²) in [6.45, 7) is 0. The largest absolute Gasteiger partial charge is 0.389 e. The Morgan fingerprint density at radius 2 is 1.88 bits per heavy atom. The van der Waals surface area contributed by atoms with Gasteiger partial charge in [0, 0.05) is 5.75 Å². The van der Waals surface area contributed by atoms with Gasteiger partial charge in [0.1, 0.15) is 0 Å². The highest BCUT2D eigenvalue weighted by molar-refractivity contribution is 8.21. The average Bonchev–Trinajstić information content (AvgIpc) is 1.59. The van der Waals surface area contributed by atoms with Gasteiger partial charge in [-0.05, 0) is 10.7 Å². The van der Waals surface area contributed by atoms with Crippen molar-refractivity contribution in [3.05, 3.63) is 0 Å². The maximum atomic E-state index is 11.2. The fraction of sp³-hybridized carbons (Fsp3) is 1.00. The Bertz CT molecular complexity index is 62.0. The van der Waals surface area contributed by atoms with E-state index in [1.807, 2.05) is 0 Å². The van der Waals surface area contributed by atoms with Gasteiger partial charge < -0.3 is 0 Å². The minimum absolute atomic E-state index is 0.0644.